The van der Waals surface area contributed by atoms with Crippen LogP contribution in [0.4, 0.5) is 5.00 Å². The average Bonchev–Trinajstić information content (AvgIpc) is 2.66. The van der Waals surface area contributed by atoms with Gasteiger partial charge in [0, 0.05) is 13.1 Å². The fourth-order valence-electron chi connectivity index (χ4n) is 1.95. The summed E-state index contributed by atoms with van der Waals surface area (Å²) in [4.78, 5) is 13.5. The van der Waals surface area contributed by atoms with Crippen molar-refractivity contribution in [3.05, 3.63) is 17.0 Å². The first-order chi connectivity index (χ1) is 7.48. The van der Waals surface area contributed by atoms with Crippen molar-refractivity contribution < 1.29 is 9.90 Å². The van der Waals surface area contributed by atoms with Gasteiger partial charge in [-0.25, -0.2) is 4.79 Å². The molecule has 0 atom stereocenters. The lowest BCUT2D eigenvalue weighted by atomic mass is 9.83. The SMILES string of the molecule is CC1(C)CCN(c2ccc(C(=O)O)s2)CC1. The van der Waals surface area contributed by atoms with Crippen LogP contribution in [0.2, 0.25) is 0 Å². The maximum Gasteiger partial charge on any atom is 0.345 e. The average molecular weight is 239 g/mol. The molecule has 1 aromatic rings. The normalized spacial score (nSPS) is 19.8. The number of thiophene rings is 1. The van der Waals surface area contributed by atoms with Gasteiger partial charge in [-0.15, -0.1) is 11.3 Å². The molecule has 0 aliphatic carbocycles. The number of aromatic carboxylic acids is 1. The first kappa shape index (κ1) is 11.5. The molecule has 0 amide bonds. The number of nitrogens with zero attached hydrogens (tertiary/aromatic N) is 1. The second-order valence-electron chi connectivity index (χ2n) is 5.09. The van der Waals surface area contributed by atoms with Crippen molar-refractivity contribution in [2.24, 2.45) is 5.41 Å². The van der Waals surface area contributed by atoms with Crippen LogP contribution in [0.3, 0.4) is 0 Å². The Kier molecular flexibility index (Phi) is 2.93. The third-order valence-corrected chi connectivity index (χ3v) is 4.37. The van der Waals surface area contributed by atoms with E-state index >= 15 is 0 Å². The van der Waals surface area contributed by atoms with Gasteiger partial charge in [0.25, 0.3) is 0 Å². The summed E-state index contributed by atoms with van der Waals surface area (Å²) in [6.07, 6.45) is 2.35. The van der Waals surface area contributed by atoms with Crippen molar-refractivity contribution in [1.82, 2.24) is 0 Å². The maximum absolute atomic E-state index is 10.8. The van der Waals surface area contributed by atoms with Crippen molar-refractivity contribution >= 4 is 22.3 Å². The molecule has 0 saturated carbocycles. The van der Waals surface area contributed by atoms with Gasteiger partial charge in [0.15, 0.2) is 0 Å². The molecule has 1 aliphatic rings. The molecule has 2 rings (SSSR count). The fourth-order valence-corrected chi connectivity index (χ4v) is 2.84. The Bertz CT molecular complexity index is 387. The van der Waals surface area contributed by atoms with Gasteiger partial charge in [-0.05, 0) is 30.4 Å². The van der Waals surface area contributed by atoms with E-state index in [1.807, 2.05) is 6.07 Å². The smallest absolute Gasteiger partial charge is 0.345 e. The highest BCUT2D eigenvalue weighted by atomic mass is 32.1. The van der Waals surface area contributed by atoms with Gasteiger partial charge in [-0.2, -0.15) is 0 Å². The zero-order valence-corrected chi connectivity index (χ0v) is 10.5. The molecule has 1 fully saturated rings. The molecular formula is C12H17NO2S. The van der Waals surface area contributed by atoms with Gasteiger partial charge < -0.3 is 10.0 Å². The third kappa shape index (κ3) is 2.38. The molecule has 1 aliphatic heterocycles. The van der Waals surface area contributed by atoms with E-state index in [4.69, 9.17) is 5.11 Å². The lowest BCUT2D eigenvalue weighted by Gasteiger charge is -2.37. The van der Waals surface area contributed by atoms with Crippen molar-refractivity contribution in [3.63, 3.8) is 0 Å². The summed E-state index contributed by atoms with van der Waals surface area (Å²) in [5.74, 6) is -0.825. The Balaban J connectivity index is 2.05. The summed E-state index contributed by atoms with van der Waals surface area (Å²) in [5.41, 5.74) is 0.434. The van der Waals surface area contributed by atoms with E-state index in [9.17, 15) is 4.79 Å². The molecule has 1 saturated heterocycles. The van der Waals surface area contributed by atoms with E-state index in [1.54, 1.807) is 6.07 Å². The molecule has 2 heterocycles. The number of hydrogen-bond acceptors (Lipinski definition) is 3. The number of carbonyl (C=O) groups is 1. The van der Waals surface area contributed by atoms with Crippen LogP contribution in [-0.2, 0) is 0 Å². The molecular weight excluding hydrogens is 222 g/mol. The molecule has 3 nitrogen and oxygen atoms in total. The topological polar surface area (TPSA) is 40.5 Å². The molecule has 0 spiro atoms. The van der Waals surface area contributed by atoms with Crippen LogP contribution in [0.5, 0.6) is 0 Å². The number of hydrogen-bond donors (Lipinski definition) is 1. The molecule has 0 aromatic carbocycles. The molecule has 0 unspecified atom stereocenters. The lowest BCUT2D eigenvalue weighted by molar-refractivity contribution is 0.0702. The minimum Gasteiger partial charge on any atom is -0.477 e. The quantitative estimate of drug-likeness (QED) is 0.862. The van der Waals surface area contributed by atoms with E-state index in [0.29, 0.717) is 10.3 Å². The van der Waals surface area contributed by atoms with E-state index < -0.39 is 5.97 Å². The van der Waals surface area contributed by atoms with Crippen LogP contribution in [0, 0.1) is 5.41 Å². The van der Waals surface area contributed by atoms with Crippen molar-refractivity contribution in [2.45, 2.75) is 26.7 Å². The monoisotopic (exact) mass is 239 g/mol. The summed E-state index contributed by atoms with van der Waals surface area (Å²) >= 11 is 1.37. The van der Waals surface area contributed by atoms with Gasteiger partial charge in [-0.3, -0.25) is 0 Å². The number of carboxylic acids is 1. The Morgan fingerprint density at radius 3 is 2.50 bits per heavy atom. The second-order valence-corrected chi connectivity index (χ2v) is 6.16. The van der Waals surface area contributed by atoms with Gasteiger partial charge in [0.05, 0.1) is 5.00 Å². The van der Waals surface area contributed by atoms with E-state index in [-0.39, 0.29) is 0 Å². The highest BCUT2D eigenvalue weighted by Crippen LogP contribution is 2.34. The summed E-state index contributed by atoms with van der Waals surface area (Å²) in [6.45, 7) is 6.65. The highest BCUT2D eigenvalue weighted by molar-refractivity contribution is 7.17. The lowest BCUT2D eigenvalue weighted by Crippen LogP contribution is -2.36. The third-order valence-electron chi connectivity index (χ3n) is 3.23. The summed E-state index contributed by atoms with van der Waals surface area (Å²) in [7, 11) is 0. The number of carboxylic acid groups (broad SMARTS) is 1. The minimum atomic E-state index is -0.825. The van der Waals surface area contributed by atoms with Gasteiger partial charge >= 0.3 is 5.97 Å². The standard InChI is InChI=1S/C12H17NO2S/c1-12(2)5-7-13(8-6-12)10-4-3-9(16-10)11(14)15/h3-4H,5-8H2,1-2H3,(H,14,15). The molecule has 0 bridgehead atoms. The molecule has 88 valence electrons. The molecule has 1 aromatic heterocycles. The number of anilines is 1. The molecule has 1 N–H and O–H groups in total. The highest BCUT2D eigenvalue weighted by Gasteiger charge is 2.26. The Morgan fingerprint density at radius 1 is 1.38 bits per heavy atom. The van der Waals surface area contributed by atoms with E-state index in [1.165, 1.54) is 24.2 Å². The zero-order chi connectivity index (χ0) is 11.8. The molecule has 16 heavy (non-hydrogen) atoms. The number of piperidine rings is 1. The Labute approximate surface area is 99.7 Å². The second kappa shape index (κ2) is 4.09. The van der Waals surface area contributed by atoms with Gasteiger partial charge in [0.1, 0.15) is 4.88 Å². The first-order valence-electron chi connectivity index (χ1n) is 5.56. The fraction of sp³-hybridized carbons (Fsp3) is 0.583. The Morgan fingerprint density at radius 2 is 2.00 bits per heavy atom. The van der Waals surface area contributed by atoms with E-state index in [2.05, 4.69) is 18.7 Å². The minimum absolute atomic E-state index is 0.430. The van der Waals surface area contributed by atoms with Crippen molar-refractivity contribution in [2.75, 3.05) is 18.0 Å². The van der Waals surface area contributed by atoms with Crippen LogP contribution in [-0.4, -0.2) is 24.2 Å². The van der Waals surface area contributed by atoms with Gasteiger partial charge in [-0.1, -0.05) is 13.8 Å². The van der Waals surface area contributed by atoms with Crippen molar-refractivity contribution in [1.29, 1.82) is 0 Å². The maximum atomic E-state index is 10.8. The van der Waals surface area contributed by atoms with Crippen LogP contribution >= 0.6 is 11.3 Å². The largest absolute Gasteiger partial charge is 0.477 e. The van der Waals surface area contributed by atoms with Crippen LogP contribution in [0.15, 0.2) is 12.1 Å². The van der Waals surface area contributed by atoms with Crippen LogP contribution in [0.1, 0.15) is 36.4 Å². The molecule has 0 radical (unpaired) electrons. The van der Waals surface area contributed by atoms with Crippen LogP contribution < -0.4 is 4.90 Å². The Hall–Kier alpha value is -1.03. The van der Waals surface area contributed by atoms with Gasteiger partial charge in [0.2, 0.25) is 0 Å². The predicted octanol–water partition coefficient (Wildman–Crippen LogP) is 3.07. The van der Waals surface area contributed by atoms with Crippen molar-refractivity contribution in [3.8, 4) is 0 Å². The summed E-state index contributed by atoms with van der Waals surface area (Å²) in [5, 5.41) is 9.96. The number of rotatable bonds is 2. The van der Waals surface area contributed by atoms with Crippen LogP contribution in [0.25, 0.3) is 0 Å². The predicted molar refractivity (Wildman–Crippen MR) is 66.5 cm³/mol. The summed E-state index contributed by atoms with van der Waals surface area (Å²) < 4.78 is 0. The zero-order valence-electron chi connectivity index (χ0n) is 9.69. The van der Waals surface area contributed by atoms with E-state index in [0.717, 1.165) is 18.1 Å². The first-order valence-corrected chi connectivity index (χ1v) is 6.38. The summed E-state index contributed by atoms with van der Waals surface area (Å²) in [6, 6.07) is 3.62. The molecule has 4 heteroatoms.